The van der Waals surface area contributed by atoms with Crippen molar-refractivity contribution in [3.8, 4) is 0 Å². The molecule has 1 aromatic rings. The van der Waals surface area contributed by atoms with Crippen LogP contribution in [-0.2, 0) is 14.8 Å². The molecular weight excluding hydrogens is 280 g/mol. The van der Waals surface area contributed by atoms with Gasteiger partial charge >= 0.3 is 0 Å². The highest BCUT2D eigenvalue weighted by atomic mass is 35.5. The lowest BCUT2D eigenvalue weighted by Crippen LogP contribution is -2.28. The van der Waals surface area contributed by atoms with E-state index in [0.29, 0.717) is 0 Å². The smallest absolute Gasteiger partial charge is 0.287 e. The summed E-state index contributed by atoms with van der Waals surface area (Å²) >= 11 is 5.57. The third kappa shape index (κ3) is 2.59. The van der Waals surface area contributed by atoms with Gasteiger partial charge in [0.2, 0.25) is 11.9 Å². The SMILES string of the molecule is CN1CC(=O)N/C1=N\S(=O)(=O)c1ccc(Cl)nc1. The van der Waals surface area contributed by atoms with Crippen LogP contribution in [0.25, 0.3) is 0 Å². The van der Waals surface area contributed by atoms with Crippen molar-refractivity contribution < 1.29 is 13.2 Å². The van der Waals surface area contributed by atoms with E-state index in [4.69, 9.17) is 11.6 Å². The van der Waals surface area contributed by atoms with E-state index in [9.17, 15) is 13.2 Å². The fourth-order valence-electron chi connectivity index (χ4n) is 1.32. The summed E-state index contributed by atoms with van der Waals surface area (Å²) in [5, 5.41) is 2.54. The van der Waals surface area contributed by atoms with Gasteiger partial charge in [0.15, 0.2) is 0 Å². The zero-order valence-electron chi connectivity index (χ0n) is 9.29. The molecule has 1 fully saturated rings. The van der Waals surface area contributed by atoms with Crippen molar-refractivity contribution in [2.75, 3.05) is 13.6 Å². The van der Waals surface area contributed by atoms with E-state index in [1.165, 1.54) is 17.0 Å². The Labute approximate surface area is 109 Å². The number of hydrogen-bond donors (Lipinski definition) is 1. The number of carbonyl (C=O) groups excluding carboxylic acids is 1. The summed E-state index contributed by atoms with van der Waals surface area (Å²) in [5.41, 5.74) is 0. The lowest BCUT2D eigenvalue weighted by molar-refractivity contribution is -0.118. The maximum atomic E-state index is 11.9. The Morgan fingerprint density at radius 2 is 2.22 bits per heavy atom. The average Bonchev–Trinajstić information content (AvgIpc) is 2.57. The zero-order valence-corrected chi connectivity index (χ0v) is 10.9. The highest BCUT2D eigenvalue weighted by Crippen LogP contribution is 2.14. The number of halogens is 1. The van der Waals surface area contributed by atoms with Crippen LogP contribution in [0.5, 0.6) is 0 Å². The minimum atomic E-state index is -3.91. The van der Waals surface area contributed by atoms with Crippen LogP contribution in [0.3, 0.4) is 0 Å². The molecule has 1 aliphatic rings. The van der Waals surface area contributed by atoms with Gasteiger partial charge in [-0.05, 0) is 12.1 Å². The van der Waals surface area contributed by atoms with Crippen LogP contribution in [0.4, 0.5) is 0 Å². The fourth-order valence-corrected chi connectivity index (χ4v) is 2.38. The van der Waals surface area contributed by atoms with Gasteiger partial charge in [0.05, 0.1) is 6.54 Å². The van der Waals surface area contributed by atoms with Crippen molar-refractivity contribution >= 4 is 33.5 Å². The van der Waals surface area contributed by atoms with Crippen LogP contribution in [0.15, 0.2) is 27.6 Å². The van der Waals surface area contributed by atoms with E-state index < -0.39 is 10.0 Å². The second-order valence-corrected chi connectivity index (χ2v) is 5.60. The number of nitrogens with one attached hydrogen (secondary N) is 1. The molecule has 1 saturated heterocycles. The Balaban J connectivity index is 2.35. The fraction of sp³-hybridized carbons (Fsp3) is 0.222. The predicted octanol–water partition coefficient (Wildman–Crippen LogP) is -0.159. The van der Waals surface area contributed by atoms with Gasteiger partial charge in [-0.1, -0.05) is 11.6 Å². The molecule has 1 aliphatic heterocycles. The van der Waals surface area contributed by atoms with Crippen molar-refractivity contribution in [2.24, 2.45) is 4.40 Å². The van der Waals surface area contributed by atoms with Gasteiger partial charge in [0, 0.05) is 13.2 Å². The van der Waals surface area contributed by atoms with Crippen LogP contribution in [0.1, 0.15) is 0 Å². The van der Waals surface area contributed by atoms with E-state index in [1.807, 2.05) is 0 Å². The summed E-state index contributed by atoms with van der Waals surface area (Å²) in [4.78, 5) is 16.1. The van der Waals surface area contributed by atoms with E-state index in [1.54, 1.807) is 7.05 Å². The van der Waals surface area contributed by atoms with Crippen molar-refractivity contribution in [1.82, 2.24) is 15.2 Å². The van der Waals surface area contributed by atoms with Crippen LogP contribution < -0.4 is 5.32 Å². The Kier molecular flexibility index (Phi) is 3.22. The maximum absolute atomic E-state index is 11.9. The van der Waals surface area contributed by atoms with E-state index in [0.717, 1.165) is 6.20 Å². The minimum absolute atomic E-state index is 0.00468. The normalized spacial score (nSPS) is 18.2. The summed E-state index contributed by atoms with van der Waals surface area (Å²) in [6.45, 7) is 0.0766. The van der Waals surface area contributed by atoms with Crippen LogP contribution in [0, 0.1) is 0 Å². The van der Waals surface area contributed by atoms with E-state index >= 15 is 0 Å². The van der Waals surface area contributed by atoms with E-state index in [-0.39, 0.29) is 28.5 Å². The molecule has 0 spiro atoms. The number of likely N-dealkylation sites (N-methyl/N-ethyl adjacent to an activating group) is 1. The third-order valence-corrected chi connectivity index (χ3v) is 3.67. The molecule has 0 atom stereocenters. The average molecular weight is 289 g/mol. The zero-order chi connectivity index (χ0) is 13.3. The lowest BCUT2D eigenvalue weighted by Gasteiger charge is -2.08. The number of aromatic nitrogens is 1. The number of nitrogens with zero attached hydrogens (tertiary/aromatic N) is 3. The highest BCUT2D eigenvalue weighted by molar-refractivity contribution is 7.90. The first kappa shape index (κ1) is 12.8. The molecule has 0 aromatic carbocycles. The highest BCUT2D eigenvalue weighted by Gasteiger charge is 2.25. The number of hydrogen-bond acceptors (Lipinski definition) is 4. The first-order valence-electron chi connectivity index (χ1n) is 4.86. The molecule has 0 unspecified atom stereocenters. The van der Waals surface area contributed by atoms with Crippen LogP contribution >= 0.6 is 11.6 Å². The van der Waals surface area contributed by atoms with Gasteiger partial charge < -0.3 is 4.90 Å². The monoisotopic (exact) mass is 288 g/mol. The second kappa shape index (κ2) is 4.54. The summed E-state index contributed by atoms with van der Waals surface area (Å²) in [7, 11) is -2.34. The molecule has 0 aliphatic carbocycles. The molecule has 2 heterocycles. The number of pyridine rings is 1. The maximum Gasteiger partial charge on any atom is 0.287 e. The Morgan fingerprint density at radius 1 is 1.50 bits per heavy atom. The largest absolute Gasteiger partial charge is 0.335 e. The van der Waals surface area contributed by atoms with Gasteiger partial charge in [0.1, 0.15) is 10.0 Å². The van der Waals surface area contributed by atoms with Crippen LogP contribution in [-0.4, -0.2) is 43.8 Å². The number of carbonyl (C=O) groups is 1. The summed E-state index contributed by atoms with van der Waals surface area (Å²) < 4.78 is 27.3. The van der Waals surface area contributed by atoms with Gasteiger partial charge in [-0.3, -0.25) is 10.1 Å². The number of sulfonamides is 1. The first-order chi connectivity index (χ1) is 8.38. The molecule has 0 saturated carbocycles. The van der Waals surface area contributed by atoms with Gasteiger partial charge in [0.25, 0.3) is 10.0 Å². The molecule has 1 amide bonds. The summed E-state index contributed by atoms with van der Waals surface area (Å²) in [6, 6.07) is 2.65. The Bertz CT molecular complexity index is 611. The third-order valence-electron chi connectivity index (χ3n) is 2.20. The number of amides is 1. The first-order valence-corrected chi connectivity index (χ1v) is 6.68. The second-order valence-electron chi connectivity index (χ2n) is 3.61. The van der Waals surface area contributed by atoms with E-state index in [2.05, 4.69) is 14.7 Å². The standard InChI is InChI=1S/C9H9ClN4O3S/c1-14-5-8(15)12-9(14)13-18(16,17)6-2-3-7(10)11-4-6/h2-4H,5H2,1H3,(H,12,13,15). The topological polar surface area (TPSA) is 91.7 Å². The summed E-state index contributed by atoms with van der Waals surface area (Å²) in [5.74, 6) is -0.310. The number of guanidine groups is 1. The van der Waals surface area contributed by atoms with Crippen molar-refractivity contribution in [1.29, 1.82) is 0 Å². The predicted molar refractivity (Wildman–Crippen MR) is 64.6 cm³/mol. The Morgan fingerprint density at radius 3 is 2.72 bits per heavy atom. The quantitative estimate of drug-likeness (QED) is 0.764. The minimum Gasteiger partial charge on any atom is -0.335 e. The lowest BCUT2D eigenvalue weighted by atomic mass is 10.5. The van der Waals surface area contributed by atoms with Crippen molar-refractivity contribution in [3.63, 3.8) is 0 Å². The van der Waals surface area contributed by atoms with Gasteiger partial charge in [-0.2, -0.15) is 8.42 Å². The molecule has 2 rings (SSSR count). The summed E-state index contributed by atoms with van der Waals surface area (Å²) in [6.07, 6.45) is 1.11. The molecule has 0 radical (unpaired) electrons. The molecule has 0 bridgehead atoms. The molecule has 9 heteroatoms. The Hall–Kier alpha value is -1.67. The molecule has 18 heavy (non-hydrogen) atoms. The molecule has 96 valence electrons. The molecule has 7 nitrogen and oxygen atoms in total. The van der Waals surface area contributed by atoms with Crippen molar-refractivity contribution in [3.05, 3.63) is 23.5 Å². The molecular formula is C9H9ClN4O3S. The van der Waals surface area contributed by atoms with Gasteiger partial charge in [-0.15, -0.1) is 4.40 Å². The number of rotatable bonds is 2. The van der Waals surface area contributed by atoms with Crippen LogP contribution in [0.2, 0.25) is 5.15 Å². The molecule has 1 N–H and O–H groups in total. The van der Waals surface area contributed by atoms with Crippen molar-refractivity contribution in [2.45, 2.75) is 4.90 Å². The van der Waals surface area contributed by atoms with Gasteiger partial charge in [-0.25, -0.2) is 4.98 Å². The molecule has 1 aromatic heterocycles.